The molecule has 66 valence electrons. The van der Waals surface area contributed by atoms with Crippen molar-refractivity contribution in [2.45, 2.75) is 25.0 Å². The number of carbonyl (C=O) groups is 1. The van der Waals surface area contributed by atoms with Gasteiger partial charge in [0.1, 0.15) is 0 Å². The molecule has 3 nitrogen and oxygen atoms in total. The lowest BCUT2D eigenvalue weighted by Crippen LogP contribution is -2.25. The van der Waals surface area contributed by atoms with Crippen molar-refractivity contribution in [3.05, 3.63) is 0 Å². The number of hydrogen-bond donors (Lipinski definition) is 2. The minimum absolute atomic E-state index is 0.0263. The minimum atomic E-state index is -0.213. The van der Waals surface area contributed by atoms with Crippen LogP contribution in [0.25, 0.3) is 0 Å². The maximum absolute atomic E-state index is 10.7. The summed E-state index contributed by atoms with van der Waals surface area (Å²) in [4.78, 5) is 10.7. The first-order valence-corrected chi connectivity index (χ1v) is 4.88. The summed E-state index contributed by atoms with van der Waals surface area (Å²) >= 11 is 1.60. The van der Waals surface area contributed by atoms with Crippen LogP contribution in [0.15, 0.2) is 0 Å². The molecule has 0 aliphatic heterocycles. The summed E-state index contributed by atoms with van der Waals surface area (Å²) in [5.74, 6) is 0.715. The average Bonchev–Trinajstić information content (AvgIpc) is 1.97. The quantitative estimate of drug-likeness (QED) is 0.573. The molecule has 0 rings (SSSR count). The monoisotopic (exact) mass is 176 g/mol. The molecule has 1 atom stereocenters. The van der Waals surface area contributed by atoms with E-state index in [1.807, 2.05) is 6.92 Å². The Labute approximate surface area is 71.9 Å². The van der Waals surface area contributed by atoms with Gasteiger partial charge in [0.25, 0.3) is 0 Å². The fourth-order valence-electron chi connectivity index (χ4n) is 0.710. The van der Waals surface area contributed by atoms with E-state index in [4.69, 9.17) is 11.5 Å². The van der Waals surface area contributed by atoms with E-state index in [9.17, 15) is 4.79 Å². The maximum atomic E-state index is 10.7. The Balaban J connectivity index is 3.44. The van der Waals surface area contributed by atoms with Crippen molar-refractivity contribution < 1.29 is 4.79 Å². The van der Waals surface area contributed by atoms with E-state index in [2.05, 4.69) is 0 Å². The van der Waals surface area contributed by atoms with Crippen LogP contribution in [0.5, 0.6) is 0 Å². The molecule has 0 radical (unpaired) electrons. The highest BCUT2D eigenvalue weighted by Gasteiger charge is 2.11. The van der Waals surface area contributed by atoms with E-state index in [-0.39, 0.29) is 11.2 Å². The number of primary amides is 1. The third-order valence-electron chi connectivity index (χ3n) is 1.36. The molecule has 4 N–H and O–H groups in total. The lowest BCUT2D eigenvalue weighted by atomic mass is 10.3. The molecule has 1 unspecified atom stereocenters. The molecular formula is C7H16N2OS. The van der Waals surface area contributed by atoms with Crippen molar-refractivity contribution in [3.8, 4) is 0 Å². The zero-order valence-corrected chi connectivity index (χ0v) is 7.69. The largest absolute Gasteiger partial charge is 0.369 e. The van der Waals surface area contributed by atoms with Gasteiger partial charge in [-0.25, -0.2) is 0 Å². The number of rotatable bonds is 6. The third kappa shape index (κ3) is 5.09. The Morgan fingerprint density at radius 3 is 2.64 bits per heavy atom. The Bertz CT molecular complexity index is 119. The molecule has 0 aliphatic rings. The molecule has 4 heteroatoms. The maximum Gasteiger partial charge on any atom is 0.230 e. The predicted octanol–water partition coefficient (Wildman–Crippen LogP) is 0.332. The normalized spacial score (nSPS) is 12.9. The van der Waals surface area contributed by atoms with Crippen molar-refractivity contribution in [1.82, 2.24) is 0 Å². The molecule has 0 bridgehead atoms. The molecule has 0 fully saturated rings. The van der Waals surface area contributed by atoms with Gasteiger partial charge in [-0.1, -0.05) is 6.92 Å². The number of amides is 1. The fraction of sp³-hybridized carbons (Fsp3) is 0.857. The molecule has 0 spiro atoms. The van der Waals surface area contributed by atoms with Gasteiger partial charge in [-0.2, -0.15) is 0 Å². The van der Waals surface area contributed by atoms with Gasteiger partial charge in [0.15, 0.2) is 0 Å². The molecular weight excluding hydrogens is 160 g/mol. The van der Waals surface area contributed by atoms with Crippen molar-refractivity contribution in [2.24, 2.45) is 11.5 Å². The van der Waals surface area contributed by atoms with Crippen LogP contribution in [0, 0.1) is 0 Å². The smallest absolute Gasteiger partial charge is 0.230 e. The van der Waals surface area contributed by atoms with Gasteiger partial charge in [-0.05, 0) is 25.1 Å². The van der Waals surface area contributed by atoms with E-state index in [1.165, 1.54) is 0 Å². The number of thioether (sulfide) groups is 1. The van der Waals surface area contributed by atoms with Gasteiger partial charge in [0.05, 0.1) is 5.25 Å². The van der Waals surface area contributed by atoms with Crippen LogP contribution >= 0.6 is 11.8 Å². The first-order chi connectivity index (χ1) is 5.22. The van der Waals surface area contributed by atoms with Crippen LogP contribution in [0.4, 0.5) is 0 Å². The number of nitrogens with two attached hydrogens (primary N) is 2. The van der Waals surface area contributed by atoms with Crippen LogP contribution in [-0.4, -0.2) is 23.5 Å². The summed E-state index contributed by atoms with van der Waals surface area (Å²) in [6, 6.07) is 0. The second kappa shape index (κ2) is 6.49. The zero-order chi connectivity index (χ0) is 8.69. The summed E-state index contributed by atoms with van der Waals surface area (Å²) in [6.45, 7) is 2.65. The van der Waals surface area contributed by atoms with Crippen molar-refractivity contribution in [2.75, 3.05) is 12.3 Å². The van der Waals surface area contributed by atoms with E-state index in [0.29, 0.717) is 6.54 Å². The SMILES string of the molecule is CCC(SCCCN)C(N)=O. The van der Waals surface area contributed by atoms with E-state index < -0.39 is 0 Å². The van der Waals surface area contributed by atoms with Crippen molar-refractivity contribution >= 4 is 17.7 Å². The van der Waals surface area contributed by atoms with Gasteiger partial charge >= 0.3 is 0 Å². The first-order valence-electron chi connectivity index (χ1n) is 3.83. The first kappa shape index (κ1) is 10.8. The van der Waals surface area contributed by atoms with Gasteiger partial charge in [-0.3, -0.25) is 4.79 Å². The Hall–Kier alpha value is -0.220. The Morgan fingerprint density at radius 1 is 1.64 bits per heavy atom. The molecule has 0 aromatic heterocycles. The van der Waals surface area contributed by atoms with Gasteiger partial charge in [0, 0.05) is 0 Å². The highest BCUT2D eigenvalue weighted by molar-refractivity contribution is 8.00. The summed E-state index contributed by atoms with van der Waals surface area (Å²) < 4.78 is 0. The van der Waals surface area contributed by atoms with Gasteiger partial charge in [-0.15, -0.1) is 11.8 Å². The molecule has 0 aromatic rings. The van der Waals surface area contributed by atoms with Gasteiger partial charge in [0.2, 0.25) is 5.91 Å². The predicted molar refractivity (Wildman–Crippen MR) is 49.4 cm³/mol. The second-order valence-corrected chi connectivity index (χ2v) is 3.62. The van der Waals surface area contributed by atoms with Crippen molar-refractivity contribution in [3.63, 3.8) is 0 Å². The number of carbonyl (C=O) groups excluding carboxylic acids is 1. The number of hydrogen-bond acceptors (Lipinski definition) is 3. The van der Waals surface area contributed by atoms with Crippen LogP contribution in [0.3, 0.4) is 0 Å². The topological polar surface area (TPSA) is 69.1 Å². The molecule has 1 amide bonds. The van der Waals surface area contributed by atoms with E-state index in [1.54, 1.807) is 11.8 Å². The average molecular weight is 176 g/mol. The van der Waals surface area contributed by atoms with E-state index >= 15 is 0 Å². The summed E-state index contributed by atoms with van der Waals surface area (Å²) in [5.41, 5.74) is 10.4. The molecule has 0 saturated carbocycles. The lowest BCUT2D eigenvalue weighted by Gasteiger charge is -2.08. The molecule has 0 aliphatic carbocycles. The Kier molecular flexibility index (Phi) is 6.36. The van der Waals surface area contributed by atoms with Crippen LogP contribution in [0.2, 0.25) is 0 Å². The summed E-state index contributed by atoms with van der Waals surface area (Å²) in [6.07, 6.45) is 1.76. The fourth-order valence-corrected chi connectivity index (χ4v) is 1.73. The summed E-state index contributed by atoms with van der Waals surface area (Å²) in [5, 5.41) is -0.0263. The van der Waals surface area contributed by atoms with E-state index in [0.717, 1.165) is 18.6 Å². The Morgan fingerprint density at radius 2 is 2.27 bits per heavy atom. The van der Waals surface area contributed by atoms with Crippen LogP contribution in [-0.2, 0) is 4.79 Å². The van der Waals surface area contributed by atoms with Crippen LogP contribution < -0.4 is 11.5 Å². The highest BCUT2D eigenvalue weighted by Crippen LogP contribution is 2.14. The van der Waals surface area contributed by atoms with Gasteiger partial charge < -0.3 is 11.5 Å². The molecule has 11 heavy (non-hydrogen) atoms. The second-order valence-electron chi connectivity index (χ2n) is 2.31. The molecule has 0 aromatic carbocycles. The standard InChI is InChI=1S/C7H16N2OS/c1-2-6(7(9)10)11-5-3-4-8/h6H,2-5,8H2,1H3,(H2,9,10). The minimum Gasteiger partial charge on any atom is -0.369 e. The van der Waals surface area contributed by atoms with Crippen molar-refractivity contribution in [1.29, 1.82) is 0 Å². The lowest BCUT2D eigenvalue weighted by molar-refractivity contribution is -0.117. The molecule has 0 heterocycles. The molecule has 0 saturated heterocycles. The summed E-state index contributed by atoms with van der Waals surface area (Å²) in [7, 11) is 0. The highest BCUT2D eigenvalue weighted by atomic mass is 32.2. The zero-order valence-electron chi connectivity index (χ0n) is 6.88. The third-order valence-corrected chi connectivity index (χ3v) is 2.85. The van der Waals surface area contributed by atoms with Crippen LogP contribution in [0.1, 0.15) is 19.8 Å².